The molecule has 0 saturated carbocycles. The van der Waals surface area contributed by atoms with E-state index in [2.05, 4.69) is 26.2 Å². The van der Waals surface area contributed by atoms with Gasteiger partial charge in [-0.25, -0.2) is 4.39 Å². The zero-order chi connectivity index (χ0) is 19.8. The van der Waals surface area contributed by atoms with Gasteiger partial charge in [0.15, 0.2) is 0 Å². The molecule has 0 saturated heterocycles. The number of amides is 1. The molecule has 0 bridgehead atoms. The summed E-state index contributed by atoms with van der Waals surface area (Å²) in [6.07, 6.45) is 4.88. The monoisotopic (exact) mass is 440 g/mol. The summed E-state index contributed by atoms with van der Waals surface area (Å²) in [6, 6.07) is 17.4. The van der Waals surface area contributed by atoms with E-state index in [1.165, 1.54) is 18.2 Å². The Balaban J connectivity index is 1.49. The van der Waals surface area contributed by atoms with Crippen molar-refractivity contribution in [3.8, 4) is 5.75 Å². The van der Waals surface area contributed by atoms with E-state index in [0.29, 0.717) is 12.2 Å². The zero-order valence-corrected chi connectivity index (χ0v) is 16.5. The van der Waals surface area contributed by atoms with Crippen molar-refractivity contribution in [2.45, 2.75) is 13.2 Å². The van der Waals surface area contributed by atoms with Gasteiger partial charge in [-0.05, 0) is 59.7 Å². The van der Waals surface area contributed by atoms with E-state index in [-0.39, 0.29) is 18.3 Å². The van der Waals surface area contributed by atoms with Crippen LogP contribution in [0.25, 0.3) is 6.08 Å². The number of nitrogens with zero attached hydrogens (tertiary/aromatic N) is 1. The molecule has 4 nitrogen and oxygen atoms in total. The molecule has 3 aromatic rings. The Kier molecular flexibility index (Phi) is 6.92. The summed E-state index contributed by atoms with van der Waals surface area (Å²) in [5.74, 6) is 0.128. The van der Waals surface area contributed by atoms with E-state index in [0.717, 1.165) is 21.5 Å². The summed E-state index contributed by atoms with van der Waals surface area (Å²) in [6.45, 7) is 0.635. The van der Waals surface area contributed by atoms with Crippen molar-refractivity contribution >= 4 is 27.9 Å². The van der Waals surface area contributed by atoms with Crippen LogP contribution in [0.4, 0.5) is 4.39 Å². The van der Waals surface area contributed by atoms with Crippen molar-refractivity contribution in [3.05, 3.63) is 100 Å². The first-order valence-corrected chi connectivity index (χ1v) is 9.42. The lowest BCUT2D eigenvalue weighted by Crippen LogP contribution is -2.20. The van der Waals surface area contributed by atoms with Gasteiger partial charge in [-0.2, -0.15) is 0 Å². The lowest BCUT2D eigenvalue weighted by atomic mass is 10.2. The van der Waals surface area contributed by atoms with Crippen molar-refractivity contribution in [1.82, 2.24) is 10.3 Å². The Bertz CT molecular complexity index is 960. The number of pyridine rings is 1. The van der Waals surface area contributed by atoms with Crippen LogP contribution in [0.1, 0.15) is 16.8 Å². The zero-order valence-electron chi connectivity index (χ0n) is 14.9. The van der Waals surface area contributed by atoms with Crippen molar-refractivity contribution in [2.75, 3.05) is 0 Å². The number of ether oxygens (including phenoxy) is 1. The van der Waals surface area contributed by atoms with Gasteiger partial charge in [0.05, 0.1) is 5.69 Å². The second-order valence-corrected chi connectivity index (χ2v) is 6.82. The van der Waals surface area contributed by atoms with E-state index in [1.807, 2.05) is 42.5 Å². The van der Waals surface area contributed by atoms with Gasteiger partial charge >= 0.3 is 0 Å². The fourth-order valence-corrected chi connectivity index (χ4v) is 2.79. The lowest BCUT2D eigenvalue weighted by molar-refractivity contribution is -0.116. The summed E-state index contributed by atoms with van der Waals surface area (Å²) < 4.78 is 19.7. The Morgan fingerprint density at radius 3 is 2.71 bits per heavy atom. The molecule has 3 rings (SSSR count). The van der Waals surface area contributed by atoms with Crippen LogP contribution in [-0.2, 0) is 17.9 Å². The maximum Gasteiger partial charge on any atom is 0.244 e. The van der Waals surface area contributed by atoms with E-state index in [9.17, 15) is 9.18 Å². The average molecular weight is 441 g/mol. The molecule has 0 spiro atoms. The first kappa shape index (κ1) is 19.8. The number of benzene rings is 2. The fraction of sp³-hybridized carbons (Fsp3) is 0.0909. The molecule has 1 heterocycles. The molecule has 1 N–H and O–H groups in total. The van der Waals surface area contributed by atoms with Crippen LogP contribution in [-0.4, -0.2) is 10.9 Å². The third kappa shape index (κ3) is 6.03. The minimum absolute atomic E-state index is 0.238. The summed E-state index contributed by atoms with van der Waals surface area (Å²) in [5, 5.41) is 2.73. The van der Waals surface area contributed by atoms with Crippen LogP contribution in [0.2, 0.25) is 0 Å². The molecule has 0 aliphatic heterocycles. The number of hydrogen-bond acceptors (Lipinski definition) is 3. The van der Waals surface area contributed by atoms with Crippen LogP contribution in [0, 0.1) is 5.82 Å². The molecule has 1 aromatic heterocycles. The highest BCUT2D eigenvalue weighted by Gasteiger charge is 2.03. The molecule has 0 aliphatic carbocycles. The van der Waals surface area contributed by atoms with Gasteiger partial charge in [-0.1, -0.05) is 34.1 Å². The number of rotatable bonds is 7. The SMILES string of the molecule is O=C(/C=C/c1ccc(OCc2ccccn2)cc1)NCc1cc(F)ccc1Br. The van der Waals surface area contributed by atoms with Crippen molar-refractivity contribution in [1.29, 1.82) is 0 Å². The van der Waals surface area contributed by atoms with Gasteiger partial charge < -0.3 is 10.1 Å². The predicted molar refractivity (Wildman–Crippen MR) is 110 cm³/mol. The Morgan fingerprint density at radius 2 is 1.96 bits per heavy atom. The average Bonchev–Trinajstić information content (AvgIpc) is 2.73. The molecule has 0 aliphatic rings. The molecular weight excluding hydrogens is 423 g/mol. The molecular formula is C22H18BrFN2O2. The largest absolute Gasteiger partial charge is 0.487 e. The Labute approximate surface area is 171 Å². The van der Waals surface area contributed by atoms with Gasteiger partial charge in [0.1, 0.15) is 18.2 Å². The quantitative estimate of drug-likeness (QED) is 0.532. The highest BCUT2D eigenvalue weighted by molar-refractivity contribution is 9.10. The van der Waals surface area contributed by atoms with Gasteiger partial charge in [-0.15, -0.1) is 0 Å². The first-order valence-electron chi connectivity index (χ1n) is 8.63. The number of carbonyl (C=O) groups excluding carboxylic acids is 1. The molecule has 2 aromatic carbocycles. The standard InChI is InChI=1S/C22H18BrFN2O2/c23-21-10-7-18(24)13-17(21)14-26-22(27)11-6-16-4-8-20(9-5-16)28-15-19-3-1-2-12-25-19/h1-13H,14-15H2,(H,26,27)/b11-6+. The molecule has 0 atom stereocenters. The molecule has 142 valence electrons. The van der Waals surface area contributed by atoms with Gasteiger partial charge in [0.25, 0.3) is 0 Å². The highest BCUT2D eigenvalue weighted by Crippen LogP contribution is 2.18. The van der Waals surface area contributed by atoms with E-state index >= 15 is 0 Å². The third-order valence-electron chi connectivity index (χ3n) is 3.88. The highest BCUT2D eigenvalue weighted by atomic mass is 79.9. The lowest BCUT2D eigenvalue weighted by Gasteiger charge is -2.06. The van der Waals surface area contributed by atoms with Crippen molar-refractivity contribution in [2.24, 2.45) is 0 Å². The van der Waals surface area contributed by atoms with Gasteiger partial charge in [-0.3, -0.25) is 9.78 Å². The maximum absolute atomic E-state index is 13.3. The van der Waals surface area contributed by atoms with Crippen molar-refractivity contribution in [3.63, 3.8) is 0 Å². The Morgan fingerprint density at radius 1 is 1.14 bits per heavy atom. The van der Waals surface area contributed by atoms with E-state index < -0.39 is 0 Å². The fourth-order valence-electron chi connectivity index (χ4n) is 2.41. The number of halogens is 2. The van der Waals surface area contributed by atoms with Crippen LogP contribution >= 0.6 is 15.9 Å². The minimum atomic E-state index is -0.339. The first-order chi connectivity index (χ1) is 13.6. The van der Waals surface area contributed by atoms with Crippen LogP contribution in [0.5, 0.6) is 5.75 Å². The van der Waals surface area contributed by atoms with Gasteiger partial charge in [0.2, 0.25) is 5.91 Å². The maximum atomic E-state index is 13.3. The van der Waals surface area contributed by atoms with Gasteiger partial charge in [0, 0.05) is 23.3 Å². The number of carbonyl (C=O) groups is 1. The normalized spacial score (nSPS) is 10.8. The molecule has 0 fully saturated rings. The summed E-state index contributed by atoms with van der Waals surface area (Å²) in [5.41, 5.74) is 2.40. The molecule has 1 amide bonds. The molecule has 28 heavy (non-hydrogen) atoms. The van der Waals surface area contributed by atoms with E-state index in [4.69, 9.17) is 4.74 Å². The number of hydrogen-bond donors (Lipinski definition) is 1. The second kappa shape index (κ2) is 9.80. The summed E-state index contributed by atoms with van der Waals surface area (Å²) >= 11 is 3.34. The van der Waals surface area contributed by atoms with Crippen LogP contribution < -0.4 is 10.1 Å². The minimum Gasteiger partial charge on any atom is -0.487 e. The van der Waals surface area contributed by atoms with Crippen LogP contribution in [0.15, 0.2) is 77.4 Å². The van der Waals surface area contributed by atoms with E-state index in [1.54, 1.807) is 18.3 Å². The number of aromatic nitrogens is 1. The molecule has 0 radical (unpaired) electrons. The summed E-state index contributed by atoms with van der Waals surface area (Å²) in [4.78, 5) is 16.2. The predicted octanol–water partition coefficient (Wildman–Crippen LogP) is 4.89. The molecule has 0 unspecified atom stereocenters. The smallest absolute Gasteiger partial charge is 0.244 e. The third-order valence-corrected chi connectivity index (χ3v) is 4.65. The van der Waals surface area contributed by atoms with Crippen LogP contribution in [0.3, 0.4) is 0 Å². The summed E-state index contributed by atoms with van der Waals surface area (Å²) in [7, 11) is 0. The van der Waals surface area contributed by atoms with Crippen molar-refractivity contribution < 1.29 is 13.9 Å². The topological polar surface area (TPSA) is 51.2 Å². The second-order valence-electron chi connectivity index (χ2n) is 5.97. The Hall–Kier alpha value is -2.99. The molecule has 6 heteroatoms. The number of nitrogens with one attached hydrogen (secondary N) is 1.